The quantitative estimate of drug-likeness (QED) is 0.191. The SMILES string of the molecule is Cc1cc(=O)n(-c2ccccc2)n1CCCC[P+](c1ccccc1)(c1ccccc1)c1ccccc1. The average Bonchev–Trinajstić information content (AvgIpc) is 3.23. The molecule has 4 heteroatoms. The summed E-state index contributed by atoms with van der Waals surface area (Å²) in [6, 6.07) is 44.8. The number of rotatable bonds is 9. The highest BCUT2D eigenvalue weighted by Gasteiger charge is 2.44. The minimum absolute atomic E-state index is 0.0263. The second kappa shape index (κ2) is 10.9. The van der Waals surface area contributed by atoms with Crippen molar-refractivity contribution in [1.29, 1.82) is 0 Å². The Balaban J connectivity index is 1.47. The van der Waals surface area contributed by atoms with Crippen molar-refractivity contribution in [3.05, 3.63) is 143 Å². The molecular formula is C32H32N2OP+. The molecule has 0 aliphatic heterocycles. The van der Waals surface area contributed by atoms with E-state index in [2.05, 4.69) is 95.7 Å². The lowest BCUT2D eigenvalue weighted by molar-refractivity contribution is 0.506. The Morgan fingerprint density at radius 2 is 1.06 bits per heavy atom. The van der Waals surface area contributed by atoms with Gasteiger partial charge in [-0.25, -0.2) is 4.68 Å². The topological polar surface area (TPSA) is 26.9 Å². The molecule has 5 aromatic rings. The molecule has 1 heterocycles. The van der Waals surface area contributed by atoms with E-state index in [0.717, 1.165) is 36.9 Å². The maximum absolute atomic E-state index is 12.8. The lowest BCUT2D eigenvalue weighted by Crippen LogP contribution is -2.33. The summed E-state index contributed by atoms with van der Waals surface area (Å²) in [4.78, 5) is 12.8. The summed E-state index contributed by atoms with van der Waals surface area (Å²) < 4.78 is 3.94. The summed E-state index contributed by atoms with van der Waals surface area (Å²) >= 11 is 0. The van der Waals surface area contributed by atoms with E-state index in [1.165, 1.54) is 15.9 Å². The second-order valence-electron chi connectivity index (χ2n) is 9.14. The molecule has 0 fully saturated rings. The Morgan fingerprint density at radius 3 is 1.53 bits per heavy atom. The molecule has 5 rings (SSSR count). The number of benzene rings is 4. The van der Waals surface area contributed by atoms with Gasteiger partial charge < -0.3 is 0 Å². The van der Waals surface area contributed by atoms with Crippen molar-refractivity contribution in [3.63, 3.8) is 0 Å². The van der Waals surface area contributed by atoms with Crippen LogP contribution in [-0.4, -0.2) is 15.5 Å². The second-order valence-corrected chi connectivity index (χ2v) is 12.8. The van der Waals surface area contributed by atoms with Crippen molar-refractivity contribution in [1.82, 2.24) is 9.36 Å². The van der Waals surface area contributed by atoms with Crippen LogP contribution in [-0.2, 0) is 6.54 Å². The van der Waals surface area contributed by atoms with Gasteiger partial charge in [0.1, 0.15) is 23.2 Å². The Morgan fingerprint density at radius 1 is 0.611 bits per heavy atom. The molecule has 0 radical (unpaired) electrons. The van der Waals surface area contributed by atoms with Crippen LogP contribution in [0.1, 0.15) is 18.5 Å². The number of nitrogens with zero attached hydrogens (tertiary/aromatic N) is 2. The van der Waals surface area contributed by atoms with Gasteiger partial charge in [0.05, 0.1) is 11.8 Å². The monoisotopic (exact) mass is 491 g/mol. The van der Waals surface area contributed by atoms with Crippen molar-refractivity contribution in [2.24, 2.45) is 0 Å². The van der Waals surface area contributed by atoms with E-state index in [1.807, 2.05) is 41.9 Å². The molecule has 1 aromatic heterocycles. The number of aromatic nitrogens is 2. The van der Waals surface area contributed by atoms with Gasteiger partial charge in [-0.15, -0.1) is 0 Å². The van der Waals surface area contributed by atoms with Gasteiger partial charge in [0.2, 0.25) is 0 Å². The van der Waals surface area contributed by atoms with E-state index in [-0.39, 0.29) is 5.56 Å². The molecule has 0 aliphatic carbocycles. The first-order chi connectivity index (χ1) is 17.7. The van der Waals surface area contributed by atoms with Crippen molar-refractivity contribution in [2.45, 2.75) is 26.3 Å². The average molecular weight is 492 g/mol. The van der Waals surface area contributed by atoms with E-state index in [0.29, 0.717) is 0 Å². The predicted molar refractivity (Wildman–Crippen MR) is 154 cm³/mol. The van der Waals surface area contributed by atoms with Crippen molar-refractivity contribution >= 4 is 23.2 Å². The van der Waals surface area contributed by atoms with Crippen LogP contribution >= 0.6 is 7.26 Å². The Bertz CT molecular complexity index is 1350. The van der Waals surface area contributed by atoms with Crippen LogP contribution in [0.2, 0.25) is 0 Å². The molecule has 0 spiro atoms. The third-order valence-electron chi connectivity index (χ3n) is 6.89. The Hall–Kier alpha value is -3.68. The van der Waals surface area contributed by atoms with E-state index in [4.69, 9.17) is 0 Å². The van der Waals surface area contributed by atoms with Crippen molar-refractivity contribution in [3.8, 4) is 5.69 Å². The smallest absolute Gasteiger partial charge is 0.271 e. The predicted octanol–water partition coefficient (Wildman–Crippen LogP) is 5.72. The van der Waals surface area contributed by atoms with E-state index >= 15 is 0 Å². The molecule has 0 saturated heterocycles. The van der Waals surface area contributed by atoms with E-state index in [9.17, 15) is 4.79 Å². The molecule has 0 unspecified atom stereocenters. The summed E-state index contributed by atoms with van der Waals surface area (Å²) in [6.07, 6.45) is 3.14. The molecule has 0 saturated carbocycles. The van der Waals surface area contributed by atoms with Crippen LogP contribution in [0.5, 0.6) is 0 Å². The first-order valence-electron chi connectivity index (χ1n) is 12.6. The van der Waals surface area contributed by atoms with Gasteiger partial charge in [-0.1, -0.05) is 72.8 Å². The van der Waals surface area contributed by atoms with Gasteiger partial charge in [-0.2, -0.15) is 0 Å². The first kappa shape index (κ1) is 24.0. The third kappa shape index (κ3) is 4.72. The lowest BCUT2D eigenvalue weighted by Gasteiger charge is -2.28. The molecule has 36 heavy (non-hydrogen) atoms. The number of aryl methyl sites for hydroxylation is 1. The van der Waals surface area contributed by atoms with E-state index < -0.39 is 7.26 Å². The molecule has 0 atom stereocenters. The fourth-order valence-corrected chi connectivity index (χ4v) is 9.61. The highest BCUT2D eigenvalue weighted by atomic mass is 31.2. The summed E-state index contributed by atoms with van der Waals surface area (Å²) in [5.41, 5.74) is 1.94. The van der Waals surface area contributed by atoms with E-state index in [1.54, 1.807) is 6.07 Å². The van der Waals surface area contributed by atoms with Crippen LogP contribution in [0.25, 0.3) is 5.69 Å². The molecule has 180 valence electrons. The summed E-state index contributed by atoms with van der Waals surface area (Å²) in [7, 11) is -1.83. The Labute approximate surface area is 214 Å². The van der Waals surface area contributed by atoms with Gasteiger partial charge >= 0.3 is 0 Å². The summed E-state index contributed by atoms with van der Waals surface area (Å²) in [5.74, 6) is 0. The normalized spacial score (nSPS) is 11.5. The van der Waals surface area contributed by atoms with Crippen LogP contribution < -0.4 is 21.5 Å². The zero-order chi connectivity index (χ0) is 24.8. The molecular weight excluding hydrogens is 459 g/mol. The molecule has 0 N–H and O–H groups in total. The number of hydrogen-bond acceptors (Lipinski definition) is 1. The molecule has 0 bridgehead atoms. The highest BCUT2D eigenvalue weighted by Crippen LogP contribution is 2.55. The zero-order valence-corrected chi connectivity index (χ0v) is 21.6. The van der Waals surface area contributed by atoms with Crippen LogP contribution in [0.3, 0.4) is 0 Å². The first-order valence-corrected chi connectivity index (χ1v) is 14.6. The maximum Gasteiger partial charge on any atom is 0.271 e. The third-order valence-corrected chi connectivity index (χ3v) is 11.4. The largest absolute Gasteiger partial charge is 0.282 e. The van der Waals surface area contributed by atoms with Crippen LogP contribution in [0, 0.1) is 6.92 Å². The minimum atomic E-state index is -1.83. The van der Waals surface area contributed by atoms with Crippen LogP contribution in [0.4, 0.5) is 0 Å². The summed E-state index contributed by atoms with van der Waals surface area (Å²) in [5, 5.41) is 4.25. The maximum atomic E-state index is 12.8. The number of hydrogen-bond donors (Lipinski definition) is 0. The molecule has 0 amide bonds. The standard InChI is InChI=1S/C32H32N2OP/c1-27-26-32(35)34(28-16-6-2-7-17-28)33(27)24-14-15-25-36(29-18-8-3-9-19-29,30-20-10-4-11-21-30)31-22-12-5-13-23-31/h2-13,16-23,26H,14-15,24-25H2,1H3/q+1. The van der Waals surface area contributed by atoms with Gasteiger partial charge in [-0.3, -0.25) is 9.48 Å². The Kier molecular flexibility index (Phi) is 7.30. The fourth-order valence-electron chi connectivity index (χ4n) is 5.20. The minimum Gasteiger partial charge on any atom is -0.282 e. The summed E-state index contributed by atoms with van der Waals surface area (Å²) in [6.45, 7) is 2.83. The number of para-hydroxylation sites is 1. The number of unbranched alkanes of at least 4 members (excludes halogenated alkanes) is 1. The van der Waals surface area contributed by atoms with Gasteiger partial charge in [0.25, 0.3) is 5.56 Å². The van der Waals surface area contributed by atoms with Crippen molar-refractivity contribution < 1.29 is 0 Å². The fraction of sp³-hybridized carbons (Fsp3) is 0.156. The van der Waals surface area contributed by atoms with Gasteiger partial charge in [0, 0.05) is 18.3 Å². The molecule has 3 nitrogen and oxygen atoms in total. The zero-order valence-electron chi connectivity index (χ0n) is 20.7. The molecule has 4 aromatic carbocycles. The highest BCUT2D eigenvalue weighted by molar-refractivity contribution is 7.95. The molecule has 0 aliphatic rings. The van der Waals surface area contributed by atoms with Crippen LogP contribution in [0.15, 0.2) is 132 Å². The van der Waals surface area contributed by atoms with Crippen molar-refractivity contribution in [2.75, 3.05) is 6.16 Å². The lowest BCUT2D eigenvalue weighted by atomic mass is 10.3. The van der Waals surface area contributed by atoms with Gasteiger partial charge in [0.15, 0.2) is 0 Å². The van der Waals surface area contributed by atoms with Gasteiger partial charge in [-0.05, 0) is 68.3 Å².